The molecule has 0 heterocycles. The molecule has 2 nitrogen and oxygen atoms in total. The van der Waals surface area contributed by atoms with Crippen LogP contribution in [0.25, 0.3) is 0 Å². The molecular weight excluding hydrogens is 174 g/mol. The average Bonchev–Trinajstić information content (AvgIpc) is 2.02. The van der Waals surface area contributed by atoms with Gasteiger partial charge in [0, 0.05) is 17.5 Å². The van der Waals surface area contributed by atoms with E-state index in [2.05, 4.69) is 39.9 Å². The van der Waals surface area contributed by atoms with Gasteiger partial charge in [0.15, 0.2) is 0 Å². The van der Waals surface area contributed by atoms with Crippen LogP contribution < -0.4 is 5.32 Å². The first-order valence-corrected chi connectivity index (χ1v) is 5.78. The van der Waals surface area contributed by atoms with E-state index in [1.807, 2.05) is 0 Å². The average molecular weight is 199 g/mol. The van der Waals surface area contributed by atoms with E-state index in [1.54, 1.807) is 0 Å². The second-order valence-corrected chi connectivity index (χ2v) is 5.82. The Morgan fingerprint density at radius 3 is 2.29 bits per heavy atom. The molecule has 0 spiro atoms. The maximum absolute atomic E-state index is 9.60. The van der Waals surface area contributed by atoms with Gasteiger partial charge in [0.2, 0.25) is 0 Å². The zero-order valence-electron chi connectivity index (χ0n) is 10.2. The molecule has 0 aromatic carbocycles. The van der Waals surface area contributed by atoms with Crippen molar-refractivity contribution in [3.63, 3.8) is 0 Å². The van der Waals surface area contributed by atoms with Crippen molar-refractivity contribution < 1.29 is 5.11 Å². The van der Waals surface area contributed by atoms with Crippen LogP contribution in [0.5, 0.6) is 0 Å². The van der Waals surface area contributed by atoms with Crippen LogP contribution >= 0.6 is 0 Å². The Morgan fingerprint density at radius 1 is 1.36 bits per heavy atom. The Labute approximate surface area is 88.1 Å². The van der Waals surface area contributed by atoms with Crippen molar-refractivity contribution in [3.8, 4) is 0 Å². The molecule has 0 aliphatic heterocycles. The molecule has 3 atom stereocenters. The summed E-state index contributed by atoms with van der Waals surface area (Å²) < 4.78 is 0. The summed E-state index contributed by atoms with van der Waals surface area (Å²) in [4.78, 5) is 0. The predicted octanol–water partition coefficient (Wildman–Crippen LogP) is 2.17. The highest BCUT2D eigenvalue weighted by Crippen LogP contribution is 2.40. The summed E-state index contributed by atoms with van der Waals surface area (Å²) in [5.41, 5.74) is 0.0608. The zero-order valence-corrected chi connectivity index (χ0v) is 10.2. The summed E-state index contributed by atoms with van der Waals surface area (Å²) in [6.07, 6.45) is 2.00. The van der Waals surface area contributed by atoms with Gasteiger partial charge in [-0.15, -0.1) is 0 Å². The first-order chi connectivity index (χ1) is 6.34. The molecule has 0 radical (unpaired) electrons. The second kappa shape index (κ2) is 4.19. The van der Waals surface area contributed by atoms with Crippen LogP contribution in [0.3, 0.4) is 0 Å². The fourth-order valence-corrected chi connectivity index (χ4v) is 2.30. The fourth-order valence-electron chi connectivity index (χ4n) is 2.30. The minimum Gasteiger partial charge on any atom is -0.392 e. The number of nitrogens with one attached hydrogen (secondary N) is 1. The van der Waals surface area contributed by atoms with E-state index in [4.69, 9.17) is 0 Å². The van der Waals surface area contributed by atoms with E-state index in [1.165, 1.54) is 6.42 Å². The molecule has 0 bridgehead atoms. The molecule has 0 amide bonds. The zero-order chi connectivity index (χ0) is 10.9. The van der Waals surface area contributed by atoms with E-state index in [0.29, 0.717) is 12.1 Å². The molecule has 0 aromatic rings. The molecule has 2 heteroatoms. The van der Waals surface area contributed by atoms with Crippen LogP contribution in [0.4, 0.5) is 0 Å². The van der Waals surface area contributed by atoms with Crippen LogP contribution in [-0.2, 0) is 0 Å². The van der Waals surface area contributed by atoms with Crippen LogP contribution in [0.15, 0.2) is 0 Å². The van der Waals surface area contributed by atoms with E-state index < -0.39 is 0 Å². The molecule has 14 heavy (non-hydrogen) atoms. The summed E-state index contributed by atoms with van der Waals surface area (Å²) in [7, 11) is 0. The number of rotatable bonds is 4. The van der Waals surface area contributed by atoms with Gasteiger partial charge < -0.3 is 10.4 Å². The van der Waals surface area contributed by atoms with Gasteiger partial charge in [-0.05, 0) is 25.7 Å². The van der Waals surface area contributed by atoms with Gasteiger partial charge >= 0.3 is 0 Å². The lowest BCUT2D eigenvalue weighted by atomic mass is 9.64. The van der Waals surface area contributed by atoms with Crippen LogP contribution in [0, 0.1) is 11.3 Å². The monoisotopic (exact) mass is 199 g/mol. The lowest BCUT2D eigenvalue weighted by Gasteiger charge is -2.50. The van der Waals surface area contributed by atoms with Crippen molar-refractivity contribution in [2.45, 2.75) is 65.6 Å². The van der Waals surface area contributed by atoms with Gasteiger partial charge in [-0.2, -0.15) is 0 Å². The topological polar surface area (TPSA) is 32.3 Å². The summed E-state index contributed by atoms with van der Waals surface area (Å²) in [5, 5.41) is 13.2. The molecule has 84 valence electrons. The highest BCUT2D eigenvalue weighted by molar-refractivity contribution is 5.02. The van der Waals surface area contributed by atoms with Crippen LogP contribution in [0.1, 0.15) is 47.5 Å². The normalized spacial score (nSPS) is 32.8. The summed E-state index contributed by atoms with van der Waals surface area (Å²) >= 11 is 0. The molecular formula is C12H25NO. The third-order valence-corrected chi connectivity index (χ3v) is 3.53. The Bertz CT molecular complexity index is 189. The van der Waals surface area contributed by atoms with Crippen molar-refractivity contribution in [1.82, 2.24) is 5.32 Å². The second-order valence-electron chi connectivity index (χ2n) is 5.82. The summed E-state index contributed by atoms with van der Waals surface area (Å²) in [6, 6.07) is 1.05. The van der Waals surface area contributed by atoms with E-state index in [9.17, 15) is 5.11 Å². The molecule has 2 N–H and O–H groups in total. The molecule has 1 aliphatic rings. The van der Waals surface area contributed by atoms with E-state index >= 15 is 0 Å². The lowest BCUT2D eigenvalue weighted by molar-refractivity contribution is -0.0758. The van der Waals surface area contributed by atoms with Gasteiger partial charge in [0.1, 0.15) is 0 Å². The van der Waals surface area contributed by atoms with Gasteiger partial charge in [0.05, 0.1) is 6.10 Å². The van der Waals surface area contributed by atoms with Crippen molar-refractivity contribution in [3.05, 3.63) is 0 Å². The Morgan fingerprint density at radius 2 is 1.93 bits per heavy atom. The fraction of sp³-hybridized carbons (Fsp3) is 1.00. The van der Waals surface area contributed by atoms with Gasteiger partial charge in [-0.3, -0.25) is 0 Å². The first kappa shape index (κ1) is 12.0. The predicted molar refractivity (Wildman–Crippen MR) is 60.2 cm³/mol. The maximum Gasteiger partial charge on any atom is 0.0621 e. The minimum atomic E-state index is -0.119. The Kier molecular flexibility index (Phi) is 3.59. The van der Waals surface area contributed by atoms with Gasteiger partial charge in [0.25, 0.3) is 0 Å². The van der Waals surface area contributed by atoms with E-state index in [0.717, 1.165) is 12.3 Å². The van der Waals surface area contributed by atoms with Crippen molar-refractivity contribution >= 4 is 0 Å². The molecule has 1 rings (SSSR count). The molecule has 1 fully saturated rings. The SMILES string of the molecule is CC(C)CC(C)NC1CC(O)C1(C)C. The van der Waals surface area contributed by atoms with Crippen molar-refractivity contribution in [2.24, 2.45) is 11.3 Å². The van der Waals surface area contributed by atoms with E-state index in [-0.39, 0.29) is 11.5 Å². The minimum absolute atomic E-state index is 0.0608. The Hall–Kier alpha value is -0.0800. The molecule has 1 aliphatic carbocycles. The quantitative estimate of drug-likeness (QED) is 0.727. The number of hydrogen-bond donors (Lipinski definition) is 2. The number of aliphatic hydroxyl groups is 1. The third kappa shape index (κ3) is 2.48. The van der Waals surface area contributed by atoms with Crippen LogP contribution in [-0.4, -0.2) is 23.3 Å². The summed E-state index contributed by atoms with van der Waals surface area (Å²) in [5.74, 6) is 0.741. The highest BCUT2D eigenvalue weighted by atomic mass is 16.3. The molecule has 1 saturated carbocycles. The smallest absolute Gasteiger partial charge is 0.0621 e. The van der Waals surface area contributed by atoms with Gasteiger partial charge in [-0.25, -0.2) is 0 Å². The third-order valence-electron chi connectivity index (χ3n) is 3.53. The lowest BCUT2D eigenvalue weighted by Crippen LogP contribution is -2.61. The number of hydrogen-bond acceptors (Lipinski definition) is 2. The van der Waals surface area contributed by atoms with Crippen molar-refractivity contribution in [1.29, 1.82) is 0 Å². The largest absolute Gasteiger partial charge is 0.392 e. The highest BCUT2D eigenvalue weighted by Gasteiger charge is 2.47. The molecule has 3 unspecified atom stereocenters. The number of aliphatic hydroxyl groups excluding tert-OH is 1. The molecule has 0 saturated heterocycles. The summed E-state index contributed by atoms with van der Waals surface area (Å²) in [6.45, 7) is 11.0. The van der Waals surface area contributed by atoms with Crippen molar-refractivity contribution in [2.75, 3.05) is 0 Å². The van der Waals surface area contributed by atoms with Crippen LogP contribution in [0.2, 0.25) is 0 Å². The standard InChI is InChI=1S/C12H25NO/c1-8(2)6-9(3)13-10-7-11(14)12(10,4)5/h8-11,13-14H,6-7H2,1-5H3. The maximum atomic E-state index is 9.60. The Balaban J connectivity index is 2.32. The first-order valence-electron chi connectivity index (χ1n) is 5.78. The van der Waals surface area contributed by atoms with Gasteiger partial charge in [-0.1, -0.05) is 27.7 Å². The molecule has 0 aromatic heterocycles.